The Morgan fingerprint density at radius 3 is 2.75 bits per heavy atom. The van der Waals surface area contributed by atoms with Crippen molar-refractivity contribution < 1.29 is 13.9 Å². The number of rotatable bonds is 4. The molecule has 0 aromatic heterocycles. The van der Waals surface area contributed by atoms with Crippen LogP contribution >= 0.6 is 0 Å². The Bertz CT molecular complexity index is 374. The highest BCUT2D eigenvalue weighted by Gasteiger charge is 2.11. The Hall–Kier alpha value is -1.38. The summed E-state index contributed by atoms with van der Waals surface area (Å²) in [5.41, 5.74) is 1.47. The van der Waals surface area contributed by atoms with Gasteiger partial charge in [-0.2, -0.15) is 0 Å². The summed E-state index contributed by atoms with van der Waals surface area (Å²) in [6.07, 6.45) is 0.475. The molecule has 1 aromatic carbocycles. The number of aryl methyl sites for hydroxylation is 1. The summed E-state index contributed by atoms with van der Waals surface area (Å²) in [5, 5.41) is 0. The zero-order valence-corrected chi connectivity index (χ0v) is 9.92. The van der Waals surface area contributed by atoms with E-state index < -0.39 is 0 Å². The Labute approximate surface area is 95.4 Å². The van der Waals surface area contributed by atoms with E-state index in [0.29, 0.717) is 18.4 Å². The van der Waals surface area contributed by atoms with E-state index >= 15 is 0 Å². The first-order chi connectivity index (χ1) is 7.52. The minimum atomic E-state index is -0.287. The van der Waals surface area contributed by atoms with Crippen LogP contribution < -0.4 is 0 Å². The van der Waals surface area contributed by atoms with Crippen LogP contribution in [-0.4, -0.2) is 12.1 Å². The van der Waals surface area contributed by atoms with Gasteiger partial charge in [0, 0.05) is 12.8 Å². The first kappa shape index (κ1) is 12.7. The molecule has 1 aromatic rings. The highest BCUT2D eigenvalue weighted by atomic mass is 19.1. The molecule has 1 unspecified atom stereocenters. The molecule has 2 nitrogen and oxygen atoms in total. The van der Waals surface area contributed by atoms with E-state index in [4.69, 9.17) is 4.74 Å². The van der Waals surface area contributed by atoms with Gasteiger partial charge in [-0.15, -0.1) is 0 Å². The van der Waals surface area contributed by atoms with Gasteiger partial charge in [0.05, 0.1) is 0 Å². The van der Waals surface area contributed by atoms with Gasteiger partial charge in [0.2, 0.25) is 0 Å². The summed E-state index contributed by atoms with van der Waals surface area (Å²) in [4.78, 5) is 11.0. The monoisotopic (exact) mass is 224 g/mol. The Morgan fingerprint density at radius 1 is 1.50 bits per heavy atom. The summed E-state index contributed by atoms with van der Waals surface area (Å²) in [6.45, 7) is 5.35. The molecule has 88 valence electrons. The fourth-order valence-electron chi connectivity index (χ4n) is 1.48. The number of benzene rings is 1. The number of carbonyl (C=O) groups excluding carboxylic acids is 1. The van der Waals surface area contributed by atoms with Crippen LogP contribution in [0.3, 0.4) is 0 Å². The van der Waals surface area contributed by atoms with Gasteiger partial charge < -0.3 is 4.74 Å². The SMILES string of the molecule is CCC(=O)OC(C)Cc1ccc(C)cc1F. The highest BCUT2D eigenvalue weighted by Crippen LogP contribution is 2.13. The third-order valence-corrected chi connectivity index (χ3v) is 2.34. The Kier molecular flexibility index (Phi) is 4.47. The third kappa shape index (κ3) is 3.65. The van der Waals surface area contributed by atoms with Crippen molar-refractivity contribution in [3.8, 4) is 0 Å². The molecule has 0 bridgehead atoms. The van der Waals surface area contributed by atoms with Crippen molar-refractivity contribution in [3.05, 3.63) is 35.1 Å². The second kappa shape index (κ2) is 5.64. The number of esters is 1. The van der Waals surface area contributed by atoms with Gasteiger partial charge in [-0.05, 0) is 31.0 Å². The molecule has 0 fully saturated rings. The van der Waals surface area contributed by atoms with E-state index in [9.17, 15) is 9.18 Å². The van der Waals surface area contributed by atoms with Crippen LogP contribution in [0.5, 0.6) is 0 Å². The van der Waals surface area contributed by atoms with Crippen molar-refractivity contribution in [1.29, 1.82) is 0 Å². The Morgan fingerprint density at radius 2 is 2.19 bits per heavy atom. The Balaban J connectivity index is 2.62. The lowest BCUT2D eigenvalue weighted by atomic mass is 10.1. The van der Waals surface area contributed by atoms with Crippen molar-refractivity contribution in [1.82, 2.24) is 0 Å². The van der Waals surface area contributed by atoms with Gasteiger partial charge in [0.1, 0.15) is 11.9 Å². The van der Waals surface area contributed by atoms with Gasteiger partial charge in [0.25, 0.3) is 0 Å². The normalized spacial score (nSPS) is 12.2. The molecule has 0 radical (unpaired) electrons. The van der Waals surface area contributed by atoms with Crippen LogP contribution in [0.15, 0.2) is 18.2 Å². The van der Waals surface area contributed by atoms with Crippen molar-refractivity contribution in [3.63, 3.8) is 0 Å². The number of ether oxygens (including phenoxy) is 1. The van der Waals surface area contributed by atoms with E-state index in [1.165, 1.54) is 6.07 Å². The minimum absolute atomic E-state index is 0.237. The maximum Gasteiger partial charge on any atom is 0.305 e. The van der Waals surface area contributed by atoms with Crippen molar-refractivity contribution in [2.24, 2.45) is 0 Å². The van der Waals surface area contributed by atoms with E-state index in [2.05, 4.69) is 0 Å². The first-order valence-corrected chi connectivity index (χ1v) is 5.47. The van der Waals surface area contributed by atoms with Gasteiger partial charge in [0.15, 0.2) is 0 Å². The molecular formula is C13H17FO2. The lowest BCUT2D eigenvalue weighted by molar-refractivity contribution is -0.147. The molecule has 3 heteroatoms. The highest BCUT2D eigenvalue weighted by molar-refractivity contribution is 5.69. The zero-order chi connectivity index (χ0) is 12.1. The van der Waals surface area contributed by atoms with Crippen molar-refractivity contribution in [2.45, 2.75) is 39.7 Å². The fourth-order valence-corrected chi connectivity index (χ4v) is 1.48. The second-order valence-electron chi connectivity index (χ2n) is 3.95. The molecule has 1 rings (SSSR count). The van der Waals surface area contributed by atoms with Crippen LogP contribution in [0.2, 0.25) is 0 Å². The van der Waals surface area contributed by atoms with Gasteiger partial charge in [-0.3, -0.25) is 4.79 Å². The molecule has 0 spiro atoms. The van der Waals surface area contributed by atoms with Crippen molar-refractivity contribution >= 4 is 5.97 Å². The quantitative estimate of drug-likeness (QED) is 0.735. The van der Waals surface area contributed by atoms with Crippen molar-refractivity contribution in [2.75, 3.05) is 0 Å². The number of hydrogen-bond acceptors (Lipinski definition) is 2. The third-order valence-electron chi connectivity index (χ3n) is 2.34. The predicted octanol–water partition coefficient (Wildman–Crippen LogP) is 3.02. The minimum Gasteiger partial charge on any atom is -0.462 e. The fraction of sp³-hybridized carbons (Fsp3) is 0.462. The van der Waals surface area contributed by atoms with E-state index in [1.807, 2.05) is 13.0 Å². The van der Waals surface area contributed by atoms with Crippen LogP contribution in [0.4, 0.5) is 4.39 Å². The molecule has 16 heavy (non-hydrogen) atoms. The standard InChI is InChI=1S/C13H17FO2/c1-4-13(15)16-10(3)8-11-6-5-9(2)7-12(11)14/h5-7,10H,4,8H2,1-3H3. The van der Waals surface area contributed by atoms with Crippen LogP contribution in [-0.2, 0) is 16.0 Å². The topological polar surface area (TPSA) is 26.3 Å². The van der Waals surface area contributed by atoms with Crippen LogP contribution in [0.1, 0.15) is 31.4 Å². The maximum absolute atomic E-state index is 13.5. The first-order valence-electron chi connectivity index (χ1n) is 5.47. The lowest BCUT2D eigenvalue weighted by Crippen LogP contribution is -2.17. The van der Waals surface area contributed by atoms with E-state index in [1.54, 1.807) is 19.9 Å². The largest absolute Gasteiger partial charge is 0.462 e. The van der Waals surface area contributed by atoms with Gasteiger partial charge in [-0.1, -0.05) is 19.1 Å². The smallest absolute Gasteiger partial charge is 0.305 e. The molecule has 0 heterocycles. The van der Waals surface area contributed by atoms with Crippen LogP contribution in [0, 0.1) is 12.7 Å². The molecular weight excluding hydrogens is 207 g/mol. The number of hydrogen-bond donors (Lipinski definition) is 0. The van der Waals surface area contributed by atoms with E-state index in [0.717, 1.165) is 5.56 Å². The number of halogens is 1. The second-order valence-corrected chi connectivity index (χ2v) is 3.95. The molecule has 0 aliphatic rings. The van der Waals surface area contributed by atoms with E-state index in [-0.39, 0.29) is 17.9 Å². The summed E-state index contributed by atoms with van der Waals surface area (Å²) >= 11 is 0. The van der Waals surface area contributed by atoms with Crippen LogP contribution in [0.25, 0.3) is 0 Å². The molecule has 0 aliphatic carbocycles. The summed E-state index contributed by atoms with van der Waals surface area (Å²) in [5.74, 6) is -0.487. The molecule has 0 amide bonds. The molecule has 0 aliphatic heterocycles. The average Bonchev–Trinajstić information content (AvgIpc) is 2.22. The lowest BCUT2D eigenvalue weighted by Gasteiger charge is -2.13. The summed E-state index contributed by atoms with van der Waals surface area (Å²) in [7, 11) is 0. The summed E-state index contributed by atoms with van der Waals surface area (Å²) < 4.78 is 18.6. The zero-order valence-electron chi connectivity index (χ0n) is 9.92. The molecule has 1 atom stereocenters. The molecule has 0 saturated heterocycles. The molecule has 0 saturated carbocycles. The van der Waals surface area contributed by atoms with Gasteiger partial charge >= 0.3 is 5.97 Å². The van der Waals surface area contributed by atoms with Gasteiger partial charge in [-0.25, -0.2) is 4.39 Å². The summed E-state index contributed by atoms with van der Waals surface area (Å²) in [6, 6.07) is 5.08. The average molecular weight is 224 g/mol. The molecule has 0 N–H and O–H groups in total. The number of carbonyl (C=O) groups is 1. The predicted molar refractivity (Wildman–Crippen MR) is 60.7 cm³/mol. The maximum atomic E-state index is 13.5.